The molecule has 0 saturated heterocycles. The van der Waals surface area contributed by atoms with E-state index in [0.717, 1.165) is 16.8 Å². The summed E-state index contributed by atoms with van der Waals surface area (Å²) in [4.78, 5) is 12.9. The highest BCUT2D eigenvalue weighted by Crippen LogP contribution is 2.27. The zero-order chi connectivity index (χ0) is 12.2. The van der Waals surface area contributed by atoms with Gasteiger partial charge in [0, 0.05) is 24.2 Å². The van der Waals surface area contributed by atoms with Crippen LogP contribution in [0, 0.1) is 0 Å². The fourth-order valence-corrected chi connectivity index (χ4v) is 1.86. The molecule has 2 heterocycles. The molecule has 86 valence electrons. The summed E-state index contributed by atoms with van der Waals surface area (Å²) in [5.41, 5.74) is 2.97. The van der Waals surface area contributed by atoms with Crippen LogP contribution < -0.4 is 0 Å². The minimum atomic E-state index is 0.650. The average molecular weight is 233 g/mol. The summed E-state index contributed by atoms with van der Waals surface area (Å²) >= 11 is 0. The quantitative estimate of drug-likeness (QED) is 0.682. The lowest BCUT2D eigenvalue weighted by atomic mass is 10.0. The van der Waals surface area contributed by atoms with Crippen LogP contribution >= 0.6 is 0 Å². The predicted octanol–water partition coefficient (Wildman–Crippen LogP) is 3.21. The summed E-state index contributed by atoms with van der Waals surface area (Å²) in [5.74, 6) is 0.650. The minimum absolute atomic E-state index is 0.650. The van der Waals surface area contributed by atoms with E-state index in [1.54, 1.807) is 24.7 Å². The third-order valence-electron chi connectivity index (χ3n) is 2.67. The van der Waals surface area contributed by atoms with E-state index in [2.05, 4.69) is 27.1 Å². The predicted molar refractivity (Wildman–Crippen MR) is 70.7 cm³/mol. The van der Waals surface area contributed by atoms with Crippen molar-refractivity contribution in [3.8, 4) is 22.6 Å². The van der Waals surface area contributed by atoms with Crippen molar-refractivity contribution in [2.45, 2.75) is 0 Å². The van der Waals surface area contributed by atoms with Gasteiger partial charge in [0.25, 0.3) is 0 Å². The monoisotopic (exact) mass is 233 g/mol. The average Bonchev–Trinajstić information content (AvgIpc) is 2.49. The van der Waals surface area contributed by atoms with Gasteiger partial charge in [-0.25, -0.2) is 9.97 Å². The first-order chi connectivity index (χ1) is 8.95. The zero-order valence-corrected chi connectivity index (χ0v) is 9.69. The molecule has 0 unspecified atom stereocenters. The van der Waals surface area contributed by atoms with E-state index in [0.29, 0.717) is 5.82 Å². The molecule has 0 fully saturated rings. The molecule has 0 aliphatic rings. The van der Waals surface area contributed by atoms with Crippen molar-refractivity contribution in [1.29, 1.82) is 0 Å². The van der Waals surface area contributed by atoms with Gasteiger partial charge in [0.1, 0.15) is 5.69 Å². The largest absolute Gasteiger partial charge is 0.252 e. The van der Waals surface area contributed by atoms with E-state index >= 15 is 0 Å². The number of aromatic nitrogens is 3. The summed E-state index contributed by atoms with van der Waals surface area (Å²) in [6.07, 6.45) is 5.22. The Labute approximate surface area is 105 Å². The van der Waals surface area contributed by atoms with Crippen LogP contribution in [-0.2, 0) is 0 Å². The number of nitrogens with zero attached hydrogens (tertiary/aromatic N) is 3. The van der Waals surface area contributed by atoms with Crippen molar-refractivity contribution < 1.29 is 0 Å². The van der Waals surface area contributed by atoms with Crippen molar-refractivity contribution in [3.63, 3.8) is 0 Å². The van der Waals surface area contributed by atoms with Crippen LogP contribution in [0.5, 0.6) is 0 Å². The topological polar surface area (TPSA) is 38.7 Å². The summed E-state index contributed by atoms with van der Waals surface area (Å²) in [5, 5.41) is 0. The Kier molecular flexibility index (Phi) is 2.80. The normalized spacial score (nSPS) is 10.2. The standard InChI is InChI=1S/C15H11N3/c1-2-6-12(7-3-1)13-8-4-9-16-14(13)15-17-10-5-11-18-15/h1-11H. The molecule has 2 aromatic heterocycles. The summed E-state index contributed by atoms with van der Waals surface area (Å²) in [6, 6.07) is 15.9. The smallest absolute Gasteiger partial charge is 0.178 e. The lowest BCUT2D eigenvalue weighted by Crippen LogP contribution is -1.93. The van der Waals surface area contributed by atoms with E-state index < -0.39 is 0 Å². The fraction of sp³-hybridized carbons (Fsp3) is 0. The number of rotatable bonds is 2. The molecule has 0 atom stereocenters. The van der Waals surface area contributed by atoms with E-state index in [9.17, 15) is 0 Å². The molecule has 3 heteroatoms. The van der Waals surface area contributed by atoms with Crippen molar-refractivity contribution in [3.05, 3.63) is 67.1 Å². The molecule has 0 aliphatic heterocycles. The van der Waals surface area contributed by atoms with E-state index in [1.165, 1.54) is 0 Å². The van der Waals surface area contributed by atoms with Gasteiger partial charge in [-0.15, -0.1) is 0 Å². The first kappa shape index (κ1) is 10.6. The fourth-order valence-electron chi connectivity index (χ4n) is 1.86. The molecular weight excluding hydrogens is 222 g/mol. The molecular formula is C15H11N3. The molecule has 0 bridgehead atoms. The van der Waals surface area contributed by atoms with Crippen LogP contribution in [0.3, 0.4) is 0 Å². The maximum Gasteiger partial charge on any atom is 0.178 e. The molecule has 0 N–H and O–H groups in total. The number of benzene rings is 1. The van der Waals surface area contributed by atoms with Gasteiger partial charge in [-0.1, -0.05) is 36.4 Å². The molecule has 18 heavy (non-hydrogen) atoms. The van der Waals surface area contributed by atoms with Gasteiger partial charge in [-0.05, 0) is 17.7 Å². The molecule has 3 aromatic rings. The van der Waals surface area contributed by atoms with Gasteiger partial charge in [0.15, 0.2) is 5.82 Å². The van der Waals surface area contributed by atoms with Crippen LogP contribution in [0.1, 0.15) is 0 Å². The van der Waals surface area contributed by atoms with Gasteiger partial charge >= 0.3 is 0 Å². The third kappa shape index (κ3) is 1.98. The highest BCUT2D eigenvalue weighted by atomic mass is 14.9. The Morgan fingerprint density at radius 3 is 2.11 bits per heavy atom. The van der Waals surface area contributed by atoms with Gasteiger partial charge in [-0.2, -0.15) is 0 Å². The van der Waals surface area contributed by atoms with Crippen LogP contribution in [-0.4, -0.2) is 15.0 Å². The summed E-state index contributed by atoms with van der Waals surface area (Å²) < 4.78 is 0. The van der Waals surface area contributed by atoms with E-state index in [-0.39, 0.29) is 0 Å². The van der Waals surface area contributed by atoms with Gasteiger partial charge in [0.2, 0.25) is 0 Å². The van der Waals surface area contributed by atoms with Crippen molar-refractivity contribution >= 4 is 0 Å². The van der Waals surface area contributed by atoms with Crippen LogP contribution in [0.25, 0.3) is 22.6 Å². The molecule has 3 nitrogen and oxygen atoms in total. The van der Waals surface area contributed by atoms with Crippen molar-refractivity contribution in [2.24, 2.45) is 0 Å². The lowest BCUT2D eigenvalue weighted by molar-refractivity contribution is 1.14. The Hall–Kier alpha value is -2.55. The zero-order valence-electron chi connectivity index (χ0n) is 9.69. The highest BCUT2D eigenvalue weighted by molar-refractivity contribution is 5.77. The van der Waals surface area contributed by atoms with Crippen LogP contribution in [0.15, 0.2) is 67.1 Å². The van der Waals surface area contributed by atoms with E-state index in [1.807, 2.05) is 30.3 Å². The van der Waals surface area contributed by atoms with Gasteiger partial charge in [-0.3, -0.25) is 4.98 Å². The SMILES string of the molecule is c1ccc(-c2cccnc2-c2ncccn2)cc1. The Balaban J connectivity index is 2.18. The van der Waals surface area contributed by atoms with Crippen LogP contribution in [0.4, 0.5) is 0 Å². The number of pyridine rings is 1. The third-order valence-corrected chi connectivity index (χ3v) is 2.67. The van der Waals surface area contributed by atoms with E-state index in [4.69, 9.17) is 0 Å². The maximum absolute atomic E-state index is 4.40. The Morgan fingerprint density at radius 2 is 1.33 bits per heavy atom. The molecule has 1 aromatic carbocycles. The Bertz CT molecular complexity index is 578. The molecule has 0 saturated carbocycles. The Morgan fingerprint density at radius 1 is 0.611 bits per heavy atom. The molecule has 0 amide bonds. The first-order valence-electron chi connectivity index (χ1n) is 5.73. The summed E-state index contributed by atoms with van der Waals surface area (Å²) in [6.45, 7) is 0. The lowest BCUT2D eigenvalue weighted by Gasteiger charge is -2.06. The van der Waals surface area contributed by atoms with Crippen molar-refractivity contribution in [1.82, 2.24) is 15.0 Å². The first-order valence-corrected chi connectivity index (χ1v) is 5.73. The highest BCUT2D eigenvalue weighted by Gasteiger charge is 2.09. The summed E-state index contributed by atoms with van der Waals surface area (Å²) in [7, 11) is 0. The van der Waals surface area contributed by atoms with Crippen molar-refractivity contribution in [2.75, 3.05) is 0 Å². The molecule has 0 radical (unpaired) electrons. The van der Waals surface area contributed by atoms with Gasteiger partial charge < -0.3 is 0 Å². The second-order valence-electron chi connectivity index (χ2n) is 3.84. The van der Waals surface area contributed by atoms with Gasteiger partial charge in [0.05, 0.1) is 0 Å². The number of hydrogen-bond acceptors (Lipinski definition) is 3. The second-order valence-corrected chi connectivity index (χ2v) is 3.84. The number of hydrogen-bond donors (Lipinski definition) is 0. The molecule has 3 rings (SSSR count). The van der Waals surface area contributed by atoms with Crippen LogP contribution in [0.2, 0.25) is 0 Å². The molecule has 0 aliphatic carbocycles. The molecule has 0 spiro atoms. The minimum Gasteiger partial charge on any atom is -0.252 e. The maximum atomic E-state index is 4.40. The second kappa shape index (κ2) is 4.75.